The van der Waals surface area contributed by atoms with Crippen LogP contribution in [0.4, 0.5) is 5.69 Å². The maximum Gasteiger partial charge on any atom is 0.244 e. The summed E-state index contributed by atoms with van der Waals surface area (Å²) in [5.41, 5.74) is 1.70. The summed E-state index contributed by atoms with van der Waals surface area (Å²) in [5.74, 6) is 1.19. The summed E-state index contributed by atoms with van der Waals surface area (Å²) in [6, 6.07) is 6.20. The van der Waals surface area contributed by atoms with E-state index >= 15 is 0 Å². The molecule has 0 unspecified atom stereocenters. The molecule has 1 aliphatic rings. The zero-order valence-corrected chi connectivity index (χ0v) is 12.0. The van der Waals surface area contributed by atoms with E-state index in [0.717, 1.165) is 12.1 Å². The Labute approximate surface area is 113 Å². The summed E-state index contributed by atoms with van der Waals surface area (Å²) in [7, 11) is 1.79. The Hall–Kier alpha value is -1.00. The molecule has 1 aromatic rings. The molecule has 0 saturated carbocycles. The molecule has 0 aliphatic carbocycles. The van der Waals surface area contributed by atoms with Gasteiger partial charge < -0.3 is 10.6 Å². The number of rotatable bonds is 3. The van der Waals surface area contributed by atoms with Gasteiger partial charge in [0.1, 0.15) is 0 Å². The van der Waals surface area contributed by atoms with Crippen LogP contribution in [0.2, 0.25) is 0 Å². The highest BCUT2D eigenvalue weighted by molar-refractivity contribution is 7.99. The molecule has 1 heterocycles. The molecule has 1 aromatic carbocycles. The fourth-order valence-corrected chi connectivity index (χ4v) is 2.86. The quantitative estimate of drug-likeness (QED) is 0.882. The van der Waals surface area contributed by atoms with E-state index < -0.39 is 5.54 Å². The molecule has 4 heteroatoms. The fourth-order valence-electron chi connectivity index (χ4n) is 1.84. The van der Waals surface area contributed by atoms with Gasteiger partial charge in [0, 0.05) is 10.6 Å². The third-order valence-electron chi connectivity index (χ3n) is 3.36. The fraction of sp³-hybridized carbons (Fsp3) is 0.500. The average Bonchev–Trinajstić information content (AvgIpc) is 2.38. The second-order valence-corrected chi connectivity index (χ2v) is 6.24. The summed E-state index contributed by atoms with van der Waals surface area (Å²) >= 11 is 1.90. The largest absolute Gasteiger partial charge is 0.324 e. The third-order valence-corrected chi connectivity index (χ3v) is 4.56. The van der Waals surface area contributed by atoms with Gasteiger partial charge in [-0.15, -0.1) is 11.8 Å². The molecule has 0 atom stereocenters. The van der Waals surface area contributed by atoms with Crippen LogP contribution in [0.3, 0.4) is 0 Å². The topological polar surface area (TPSA) is 41.1 Å². The minimum absolute atomic E-state index is 0.00610. The van der Waals surface area contributed by atoms with E-state index in [2.05, 4.69) is 22.8 Å². The Morgan fingerprint density at radius 2 is 2.17 bits per heavy atom. The number of likely N-dealkylation sites (N-methyl/N-ethyl adjacent to an activating group) is 1. The van der Waals surface area contributed by atoms with Gasteiger partial charge in [0.2, 0.25) is 5.91 Å². The standard InChI is InChI=1S/C14H20N2OS/c1-14(2,15-3)13(17)16-11-6-7-12-10(9-11)5-4-8-18-12/h6-7,9,15H,4-5,8H2,1-3H3,(H,16,17). The summed E-state index contributed by atoms with van der Waals surface area (Å²) in [5, 5.41) is 5.98. The highest BCUT2D eigenvalue weighted by Crippen LogP contribution is 2.31. The number of thioether (sulfide) groups is 1. The molecule has 1 aliphatic heterocycles. The smallest absolute Gasteiger partial charge is 0.244 e. The zero-order valence-electron chi connectivity index (χ0n) is 11.2. The lowest BCUT2D eigenvalue weighted by molar-refractivity contribution is -0.121. The Bertz CT molecular complexity index is 457. The van der Waals surface area contributed by atoms with Crippen LogP contribution in [0.5, 0.6) is 0 Å². The van der Waals surface area contributed by atoms with Crippen LogP contribution in [0.15, 0.2) is 23.1 Å². The van der Waals surface area contributed by atoms with Gasteiger partial charge in [-0.05, 0) is 63.3 Å². The molecule has 3 nitrogen and oxygen atoms in total. The monoisotopic (exact) mass is 264 g/mol. The number of carbonyl (C=O) groups excluding carboxylic acids is 1. The van der Waals surface area contributed by atoms with Crippen LogP contribution in [0.25, 0.3) is 0 Å². The van der Waals surface area contributed by atoms with Crippen molar-refractivity contribution >= 4 is 23.4 Å². The number of aryl methyl sites for hydroxylation is 1. The number of anilines is 1. The van der Waals surface area contributed by atoms with E-state index in [4.69, 9.17) is 0 Å². The molecule has 2 rings (SSSR count). The molecular formula is C14H20N2OS. The van der Waals surface area contributed by atoms with Gasteiger partial charge in [0.05, 0.1) is 5.54 Å². The van der Waals surface area contributed by atoms with Crippen molar-refractivity contribution in [1.29, 1.82) is 0 Å². The van der Waals surface area contributed by atoms with Gasteiger partial charge in [0.25, 0.3) is 0 Å². The van der Waals surface area contributed by atoms with E-state index in [-0.39, 0.29) is 5.91 Å². The van der Waals surface area contributed by atoms with Crippen LogP contribution >= 0.6 is 11.8 Å². The summed E-state index contributed by atoms with van der Waals surface area (Å²) < 4.78 is 0. The number of fused-ring (bicyclic) bond motifs is 1. The van der Waals surface area contributed by atoms with Gasteiger partial charge in [-0.25, -0.2) is 0 Å². The van der Waals surface area contributed by atoms with Gasteiger partial charge >= 0.3 is 0 Å². The lowest BCUT2D eigenvalue weighted by atomic mass is 10.0. The van der Waals surface area contributed by atoms with Crippen molar-refractivity contribution in [2.24, 2.45) is 0 Å². The third kappa shape index (κ3) is 2.87. The Morgan fingerprint density at radius 1 is 1.39 bits per heavy atom. The van der Waals surface area contributed by atoms with Crippen molar-refractivity contribution in [2.75, 3.05) is 18.1 Å². The number of hydrogen-bond donors (Lipinski definition) is 2. The first-order chi connectivity index (χ1) is 8.53. The van der Waals surface area contributed by atoms with E-state index in [9.17, 15) is 4.79 Å². The van der Waals surface area contributed by atoms with E-state index in [0.29, 0.717) is 0 Å². The SMILES string of the molecule is CNC(C)(C)C(=O)Nc1ccc2c(c1)CCCS2. The number of carbonyl (C=O) groups is 1. The first-order valence-corrected chi connectivity index (χ1v) is 7.27. The second-order valence-electron chi connectivity index (χ2n) is 5.10. The van der Waals surface area contributed by atoms with Crippen molar-refractivity contribution in [3.05, 3.63) is 23.8 Å². The maximum atomic E-state index is 12.1. The molecule has 0 radical (unpaired) electrons. The number of nitrogens with one attached hydrogen (secondary N) is 2. The molecular weight excluding hydrogens is 244 g/mol. The predicted octanol–water partition coefficient (Wildman–Crippen LogP) is 2.66. The maximum absolute atomic E-state index is 12.1. The lowest BCUT2D eigenvalue weighted by Crippen LogP contribution is -2.47. The second kappa shape index (κ2) is 5.33. The molecule has 0 fully saturated rings. The molecule has 1 amide bonds. The van der Waals surface area contributed by atoms with Gasteiger partial charge in [-0.3, -0.25) is 4.79 Å². The molecule has 2 N–H and O–H groups in total. The highest BCUT2D eigenvalue weighted by Gasteiger charge is 2.25. The zero-order chi connectivity index (χ0) is 13.2. The van der Waals surface area contributed by atoms with Crippen molar-refractivity contribution in [2.45, 2.75) is 37.1 Å². The van der Waals surface area contributed by atoms with Crippen molar-refractivity contribution in [1.82, 2.24) is 5.32 Å². The Morgan fingerprint density at radius 3 is 2.89 bits per heavy atom. The van der Waals surface area contributed by atoms with Crippen LogP contribution in [-0.2, 0) is 11.2 Å². The van der Waals surface area contributed by atoms with Crippen LogP contribution in [0.1, 0.15) is 25.8 Å². The summed E-state index contributed by atoms with van der Waals surface area (Å²) in [6.07, 6.45) is 2.33. The Kier molecular flexibility index (Phi) is 3.97. The normalized spacial score (nSPS) is 15.1. The minimum Gasteiger partial charge on any atom is -0.324 e. The van der Waals surface area contributed by atoms with E-state index in [1.165, 1.54) is 22.6 Å². The van der Waals surface area contributed by atoms with E-state index in [1.54, 1.807) is 7.05 Å². The van der Waals surface area contributed by atoms with Crippen molar-refractivity contribution in [3.8, 4) is 0 Å². The Balaban J connectivity index is 2.13. The van der Waals surface area contributed by atoms with Crippen LogP contribution < -0.4 is 10.6 Å². The lowest BCUT2D eigenvalue weighted by Gasteiger charge is -2.23. The first-order valence-electron chi connectivity index (χ1n) is 6.29. The molecule has 0 bridgehead atoms. The molecule has 0 saturated heterocycles. The highest BCUT2D eigenvalue weighted by atomic mass is 32.2. The van der Waals surface area contributed by atoms with Crippen molar-refractivity contribution in [3.63, 3.8) is 0 Å². The van der Waals surface area contributed by atoms with Gasteiger partial charge in [0.15, 0.2) is 0 Å². The number of amides is 1. The van der Waals surface area contributed by atoms with Gasteiger partial charge in [-0.1, -0.05) is 0 Å². The molecule has 0 spiro atoms. The van der Waals surface area contributed by atoms with Crippen LogP contribution in [-0.4, -0.2) is 24.2 Å². The van der Waals surface area contributed by atoms with Crippen LogP contribution in [0, 0.1) is 0 Å². The molecule has 0 aromatic heterocycles. The molecule has 98 valence electrons. The average molecular weight is 264 g/mol. The van der Waals surface area contributed by atoms with Crippen molar-refractivity contribution < 1.29 is 4.79 Å². The van der Waals surface area contributed by atoms with Gasteiger partial charge in [-0.2, -0.15) is 0 Å². The summed E-state index contributed by atoms with van der Waals surface area (Å²) in [4.78, 5) is 13.4. The molecule has 18 heavy (non-hydrogen) atoms. The number of hydrogen-bond acceptors (Lipinski definition) is 3. The first kappa shape index (κ1) is 13.4. The number of benzene rings is 1. The van der Waals surface area contributed by atoms with E-state index in [1.807, 2.05) is 31.7 Å². The minimum atomic E-state index is -0.551. The summed E-state index contributed by atoms with van der Waals surface area (Å²) in [6.45, 7) is 3.74. The predicted molar refractivity (Wildman–Crippen MR) is 77.3 cm³/mol.